The monoisotopic (exact) mass is 338 g/mol. The number of carbonyl (C=O) groups is 2. The molecule has 0 aromatic heterocycles. The molecular formula is C21H26N2O2. The second-order valence-electron chi connectivity index (χ2n) is 6.07. The van der Waals surface area contributed by atoms with Gasteiger partial charge in [0.1, 0.15) is 0 Å². The van der Waals surface area contributed by atoms with Crippen molar-refractivity contribution in [1.82, 2.24) is 4.90 Å². The molecule has 0 fully saturated rings. The Morgan fingerprint density at radius 2 is 1.36 bits per heavy atom. The van der Waals surface area contributed by atoms with Crippen molar-refractivity contribution >= 4 is 17.5 Å². The van der Waals surface area contributed by atoms with Gasteiger partial charge in [0.25, 0.3) is 11.8 Å². The van der Waals surface area contributed by atoms with Crippen LogP contribution in [0.4, 0.5) is 5.69 Å². The van der Waals surface area contributed by atoms with E-state index >= 15 is 0 Å². The summed E-state index contributed by atoms with van der Waals surface area (Å²) in [5.41, 5.74) is 1.90. The van der Waals surface area contributed by atoms with Crippen LogP contribution in [0.15, 0.2) is 54.6 Å². The second kappa shape index (κ2) is 9.02. The first-order chi connectivity index (χ1) is 12.1. The van der Waals surface area contributed by atoms with Gasteiger partial charge in [0.05, 0.1) is 0 Å². The van der Waals surface area contributed by atoms with E-state index in [0.29, 0.717) is 11.1 Å². The van der Waals surface area contributed by atoms with Crippen LogP contribution in [-0.2, 0) is 0 Å². The Morgan fingerprint density at radius 3 is 1.92 bits per heavy atom. The molecule has 0 saturated carbocycles. The highest BCUT2D eigenvalue weighted by Crippen LogP contribution is 2.16. The summed E-state index contributed by atoms with van der Waals surface area (Å²) in [6.45, 7) is 5.58. The molecule has 2 rings (SSSR count). The number of hydrogen-bond donors (Lipinski definition) is 0. The quantitative estimate of drug-likeness (QED) is 0.758. The normalized spacial score (nSPS) is 10.4. The third kappa shape index (κ3) is 4.69. The molecule has 0 aliphatic rings. The first-order valence-electron chi connectivity index (χ1n) is 8.81. The number of benzene rings is 2. The van der Waals surface area contributed by atoms with Gasteiger partial charge in [-0.2, -0.15) is 0 Å². The van der Waals surface area contributed by atoms with E-state index in [2.05, 4.69) is 13.8 Å². The molecule has 0 N–H and O–H groups in total. The molecular weight excluding hydrogens is 312 g/mol. The molecule has 0 spiro atoms. The van der Waals surface area contributed by atoms with Gasteiger partial charge in [0.2, 0.25) is 0 Å². The van der Waals surface area contributed by atoms with E-state index in [-0.39, 0.29) is 11.8 Å². The summed E-state index contributed by atoms with van der Waals surface area (Å²) in [6.07, 6.45) is 1.84. The van der Waals surface area contributed by atoms with Gasteiger partial charge in [0.15, 0.2) is 0 Å². The molecule has 2 aromatic rings. The maximum atomic E-state index is 12.7. The highest BCUT2D eigenvalue weighted by molar-refractivity contribution is 6.07. The van der Waals surface area contributed by atoms with E-state index in [4.69, 9.17) is 0 Å². The van der Waals surface area contributed by atoms with E-state index in [0.717, 1.165) is 31.6 Å². The standard InChI is InChI=1S/C21H26N2O2/c1-4-14-23(15-5-2)21(25)18-11-9-10-17(16-18)20(24)22(3)19-12-7-6-8-13-19/h6-13,16H,4-5,14-15H2,1-3H3. The summed E-state index contributed by atoms with van der Waals surface area (Å²) in [4.78, 5) is 28.9. The minimum atomic E-state index is -0.126. The molecule has 0 aliphatic carbocycles. The van der Waals surface area contributed by atoms with Gasteiger partial charge in [0, 0.05) is 37.0 Å². The van der Waals surface area contributed by atoms with Crippen molar-refractivity contribution in [3.63, 3.8) is 0 Å². The zero-order valence-electron chi connectivity index (χ0n) is 15.2. The number of amides is 2. The summed E-state index contributed by atoms with van der Waals surface area (Å²) >= 11 is 0. The number of rotatable bonds is 7. The molecule has 0 unspecified atom stereocenters. The van der Waals surface area contributed by atoms with Crippen LogP contribution in [0.3, 0.4) is 0 Å². The van der Waals surface area contributed by atoms with Crippen LogP contribution in [0.1, 0.15) is 47.4 Å². The molecule has 2 aromatic carbocycles. The fourth-order valence-corrected chi connectivity index (χ4v) is 2.79. The van der Waals surface area contributed by atoms with Gasteiger partial charge in [-0.25, -0.2) is 0 Å². The Bertz CT molecular complexity index is 707. The van der Waals surface area contributed by atoms with Gasteiger partial charge in [-0.1, -0.05) is 38.1 Å². The average Bonchev–Trinajstić information content (AvgIpc) is 2.67. The predicted molar refractivity (Wildman–Crippen MR) is 102 cm³/mol. The van der Waals surface area contributed by atoms with E-state index in [1.165, 1.54) is 0 Å². The second-order valence-corrected chi connectivity index (χ2v) is 6.07. The third-order valence-corrected chi connectivity index (χ3v) is 4.08. The summed E-state index contributed by atoms with van der Waals surface area (Å²) in [6, 6.07) is 16.5. The van der Waals surface area contributed by atoms with E-state index < -0.39 is 0 Å². The molecule has 2 amide bonds. The van der Waals surface area contributed by atoms with E-state index in [9.17, 15) is 9.59 Å². The lowest BCUT2D eigenvalue weighted by Crippen LogP contribution is -2.33. The molecule has 4 nitrogen and oxygen atoms in total. The summed E-state index contributed by atoms with van der Waals surface area (Å²) in [5, 5.41) is 0. The minimum Gasteiger partial charge on any atom is -0.339 e. The Labute approximate surface area is 150 Å². The van der Waals surface area contributed by atoms with Gasteiger partial charge < -0.3 is 9.80 Å². The fourth-order valence-electron chi connectivity index (χ4n) is 2.79. The lowest BCUT2D eigenvalue weighted by atomic mass is 10.1. The van der Waals surface area contributed by atoms with Crippen LogP contribution >= 0.6 is 0 Å². The van der Waals surface area contributed by atoms with E-state index in [1.54, 1.807) is 36.2 Å². The SMILES string of the molecule is CCCN(CCC)C(=O)c1cccc(C(=O)N(C)c2ccccc2)c1. The van der Waals surface area contributed by atoms with Crippen molar-refractivity contribution in [2.75, 3.05) is 25.0 Å². The molecule has 0 saturated heterocycles. The lowest BCUT2D eigenvalue weighted by Gasteiger charge is -2.22. The maximum absolute atomic E-state index is 12.7. The zero-order chi connectivity index (χ0) is 18.2. The number of para-hydroxylation sites is 1. The topological polar surface area (TPSA) is 40.6 Å². The number of anilines is 1. The van der Waals surface area contributed by atoms with Crippen LogP contribution < -0.4 is 4.90 Å². The van der Waals surface area contributed by atoms with Crippen LogP contribution in [0.5, 0.6) is 0 Å². The molecule has 0 aliphatic heterocycles. The zero-order valence-corrected chi connectivity index (χ0v) is 15.2. The first kappa shape index (κ1) is 18.7. The van der Waals surface area contributed by atoms with Crippen molar-refractivity contribution in [3.8, 4) is 0 Å². The smallest absolute Gasteiger partial charge is 0.258 e. The number of nitrogens with zero attached hydrogens (tertiary/aromatic N) is 2. The molecule has 132 valence electrons. The van der Waals surface area contributed by atoms with Crippen molar-refractivity contribution in [2.45, 2.75) is 26.7 Å². The summed E-state index contributed by atoms with van der Waals surface area (Å²) in [7, 11) is 1.74. The highest BCUT2D eigenvalue weighted by atomic mass is 16.2. The predicted octanol–water partition coefficient (Wildman–Crippen LogP) is 4.23. The molecule has 0 atom stereocenters. The summed E-state index contributed by atoms with van der Waals surface area (Å²) < 4.78 is 0. The van der Waals surface area contributed by atoms with Crippen LogP contribution in [0.2, 0.25) is 0 Å². The highest BCUT2D eigenvalue weighted by Gasteiger charge is 2.18. The Hall–Kier alpha value is -2.62. The van der Waals surface area contributed by atoms with Gasteiger partial charge >= 0.3 is 0 Å². The fraction of sp³-hybridized carbons (Fsp3) is 0.333. The molecule has 0 radical (unpaired) electrons. The lowest BCUT2D eigenvalue weighted by molar-refractivity contribution is 0.0755. The Kier molecular flexibility index (Phi) is 6.75. The van der Waals surface area contributed by atoms with Crippen molar-refractivity contribution < 1.29 is 9.59 Å². The molecule has 0 heterocycles. The Morgan fingerprint density at radius 1 is 0.800 bits per heavy atom. The van der Waals surface area contributed by atoms with Crippen LogP contribution in [0.25, 0.3) is 0 Å². The van der Waals surface area contributed by atoms with Gasteiger partial charge in [-0.3, -0.25) is 9.59 Å². The van der Waals surface area contributed by atoms with Gasteiger partial charge in [-0.05, 0) is 43.2 Å². The number of hydrogen-bond acceptors (Lipinski definition) is 2. The number of carbonyl (C=O) groups excluding carboxylic acids is 2. The van der Waals surface area contributed by atoms with Crippen LogP contribution in [-0.4, -0.2) is 36.9 Å². The minimum absolute atomic E-state index is 0.0132. The Balaban J connectivity index is 2.23. The molecule has 4 heteroatoms. The maximum Gasteiger partial charge on any atom is 0.258 e. The first-order valence-corrected chi connectivity index (χ1v) is 8.81. The molecule has 25 heavy (non-hydrogen) atoms. The van der Waals surface area contributed by atoms with Crippen molar-refractivity contribution in [2.24, 2.45) is 0 Å². The molecule has 0 bridgehead atoms. The summed E-state index contributed by atoms with van der Waals surface area (Å²) in [5.74, 6) is -0.140. The van der Waals surface area contributed by atoms with Crippen LogP contribution in [0, 0.1) is 0 Å². The van der Waals surface area contributed by atoms with E-state index in [1.807, 2.05) is 35.2 Å². The van der Waals surface area contributed by atoms with Gasteiger partial charge in [-0.15, -0.1) is 0 Å². The van der Waals surface area contributed by atoms with Crippen molar-refractivity contribution in [3.05, 3.63) is 65.7 Å². The van der Waals surface area contributed by atoms with Crippen molar-refractivity contribution in [1.29, 1.82) is 0 Å². The average molecular weight is 338 g/mol. The third-order valence-electron chi connectivity index (χ3n) is 4.08. The largest absolute Gasteiger partial charge is 0.339 e.